The van der Waals surface area contributed by atoms with Gasteiger partial charge in [0, 0.05) is 12.7 Å². The zero-order valence-electron chi connectivity index (χ0n) is 9.45. The molecule has 0 atom stereocenters. The maximum absolute atomic E-state index is 11.4. The van der Waals surface area contributed by atoms with Crippen LogP contribution in [0.5, 0.6) is 0 Å². The Morgan fingerprint density at radius 1 is 1.67 bits per heavy atom. The standard InChI is InChI=1S/C10H18N4O/c1-8-6-13-14(7-8)5-4-12-9(15)10(2,3)11/h6-7H,4-5,11H2,1-3H3,(H,12,15). The number of aryl methyl sites for hydroxylation is 1. The van der Waals surface area contributed by atoms with Crippen molar-refractivity contribution in [3.8, 4) is 0 Å². The molecule has 0 spiro atoms. The lowest BCUT2D eigenvalue weighted by Crippen LogP contribution is -2.49. The lowest BCUT2D eigenvalue weighted by atomic mass is 10.1. The third-order valence-electron chi connectivity index (χ3n) is 1.97. The van der Waals surface area contributed by atoms with Crippen LogP contribution >= 0.6 is 0 Å². The molecular weight excluding hydrogens is 192 g/mol. The number of aromatic nitrogens is 2. The van der Waals surface area contributed by atoms with E-state index in [4.69, 9.17) is 5.73 Å². The number of rotatable bonds is 4. The SMILES string of the molecule is Cc1cnn(CCNC(=O)C(C)(C)N)c1. The van der Waals surface area contributed by atoms with Crippen LogP contribution in [0, 0.1) is 6.92 Å². The predicted molar refractivity (Wildman–Crippen MR) is 58.2 cm³/mol. The largest absolute Gasteiger partial charge is 0.353 e. The highest BCUT2D eigenvalue weighted by molar-refractivity contribution is 5.84. The van der Waals surface area contributed by atoms with Gasteiger partial charge in [-0.1, -0.05) is 0 Å². The quantitative estimate of drug-likeness (QED) is 0.737. The van der Waals surface area contributed by atoms with Gasteiger partial charge in [-0.15, -0.1) is 0 Å². The second-order valence-corrected chi connectivity index (χ2v) is 4.26. The van der Waals surface area contributed by atoms with Crippen molar-refractivity contribution in [3.05, 3.63) is 18.0 Å². The van der Waals surface area contributed by atoms with Crippen molar-refractivity contribution in [2.75, 3.05) is 6.54 Å². The summed E-state index contributed by atoms with van der Waals surface area (Å²) in [6.45, 7) is 6.54. The molecule has 15 heavy (non-hydrogen) atoms. The average Bonchev–Trinajstić information content (AvgIpc) is 2.49. The molecule has 84 valence electrons. The predicted octanol–water partition coefficient (Wildman–Crippen LogP) is 0.0450. The normalized spacial score (nSPS) is 11.5. The molecule has 0 saturated heterocycles. The van der Waals surface area contributed by atoms with Crippen LogP contribution in [0.1, 0.15) is 19.4 Å². The topological polar surface area (TPSA) is 72.9 Å². The number of amides is 1. The van der Waals surface area contributed by atoms with Gasteiger partial charge in [-0.25, -0.2) is 0 Å². The molecule has 0 aliphatic carbocycles. The van der Waals surface area contributed by atoms with Gasteiger partial charge in [0.15, 0.2) is 0 Å². The molecule has 1 aromatic rings. The van der Waals surface area contributed by atoms with Crippen molar-refractivity contribution in [2.24, 2.45) is 5.73 Å². The zero-order valence-corrected chi connectivity index (χ0v) is 9.45. The highest BCUT2D eigenvalue weighted by Gasteiger charge is 2.20. The molecule has 0 unspecified atom stereocenters. The average molecular weight is 210 g/mol. The molecule has 0 aliphatic heterocycles. The minimum absolute atomic E-state index is 0.147. The van der Waals surface area contributed by atoms with E-state index < -0.39 is 5.54 Å². The first-order valence-electron chi connectivity index (χ1n) is 4.96. The maximum Gasteiger partial charge on any atom is 0.239 e. The summed E-state index contributed by atoms with van der Waals surface area (Å²) in [5.74, 6) is -0.147. The first kappa shape index (κ1) is 11.7. The van der Waals surface area contributed by atoms with E-state index in [0.717, 1.165) is 5.56 Å². The van der Waals surface area contributed by atoms with Crippen molar-refractivity contribution in [2.45, 2.75) is 32.9 Å². The number of nitrogens with two attached hydrogens (primary N) is 1. The van der Waals surface area contributed by atoms with Crippen LogP contribution in [0.25, 0.3) is 0 Å². The molecule has 3 N–H and O–H groups in total. The van der Waals surface area contributed by atoms with Crippen LogP contribution in [-0.2, 0) is 11.3 Å². The molecule has 1 heterocycles. The van der Waals surface area contributed by atoms with E-state index in [1.807, 2.05) is 13.1 Å². The highest BCUT2D eigenvalue weighted by atomic mass is 16.2. The van der Waals surface area contributed by atoms with E-state index in [2.05, 4.69) is 10.4 Å². The summed E-state index contributed by atoms with van der Waals surface area (Å²) >= 11 is 0. The molecule has 5 heteroatoms. The van der Waals surface area contributed by atoms with Gasteiger partial charge in [0.25, 0.3) is 0 Å². The summed E-state index contributed by atoms with van der Waals surface area (Å²) in [5.41, 5.74) is 5.92. The molecule has 1 aromatic heterocycles. The number of carbonyl (C=O) groups is 1. The fraction of sp³-hybridized carbons (Fsp3) is 0.600. The molecule has 0 bridgehead atoms. The fourth-order valence-electron chi connectivity index (χ4n) is 1.10. The highest BCUT2D eigenvalue weighted by Crippen LogP contribution is 1.96. The minimum atomic E-state index is -0.819. The number of nitrogens with zero attached hydrogens (tertiary/aromatic N) is 2. The van der Waals surface area contributed by atoms with Crippen LogP contribution in [0.4, 0.5) is 0 Å². The van der Waals surface area contributed by atoms with Gasteiger partial charge < -0.3 is 11.1 Å². The Hall–Kier alpha value is -1.36. The number of nitrogens with one attached hydrogen (secondary N) is 1. The van der Waals surface area contributed by atoms with Crippen LogP contribution in [0.2, 0.25) is 0 Å². The first-order chi connectivity index (χ1) is 6.89. The van der Waals surface area contributed by atoms with E-state index in [-0.39, 0.29) is 5.91 Å². The van der Waals surface area contributed by atoms with E-state index >= 15 is 0 Å². The summed E-state index contributed by atoms with van der Waals surface area (Å²) in [6.07, 6.45) is 3.72. The molecule has 0 fully saturated rings. The maximum atomic E-state index is 11.4. The van der Waals surface area contributed by atoms with E-state index in [1.54, 1.807) is 24.7 Å². The van der Waals surface area contributed by atoms with Gasteiger partial charge >= 0.3 is 0 Å². The zero-order chi connectivity index (χ0) is 11.5. The lowest BCUT2D eigenvalue weighted by molar-refractivity contribution is -0.125. The van der Waals surface area contributed by atoms with Crippen molar-refractivity contribution in [1.29, 1.82) is 0 Å². The number of hydrogen-bond donors (Lipinski definition) is 2. The van der Waals surface area contributed by atoms with Gasteiger partial charge in [-0.2, -0.15) is 5.10 Å². The molecule has 5 nitrogen and oxygen atoms in total. The third kappa shape index (κ3) is 3.71. The van der Waals surface area contributed by atoms with Crippen molar-refractivity contribution in [1.82, 2.24) is 15.1 Å². The summed E-state index contributed by atoms with van der Waals surface area (Å²) < 4.78 is 1.79. The smallest absolute Gasteiger partial charge is 0.239 e. The second-order valence-electron chi connectivity index (χ2n) is 4.26. The van der Waals surface area contributed by atoms with Gasteiger partial charge in [0.05, 0.1) is 18.3 Å². The van der Waals surface area contributed by atoms with Gasteiger partial charge in [-0.3, -0.25) is 9.48 Å². The number of hydrogen-bond acceptors (Lipinski definition) is 3. The van der Waals surface area contributed by atoms with Crippen LogP contribution in [-0.4, -0.2) is 27.8 Å². The van der Waals surface area contributed by atoms with Gasteiger partial charge in [0.2, 0.25) is 5.91 Å². The summed E-state index contributed by atoms with van der Waals surface area (Å²) in [4.78, 5) is 11.4. The Bertz CT molecular complexity index is 337. The summed E-state index contributed by atoms with van der Waals surface area (Å²) in [6, 6.07) is 0. The van der Waals surface area contributed by atoms with Gasteiger partial charge in [0.1, 0.15) is 0 Å². The molecule has 0 saturated carbocycles. The molecule has 1 rings (SSSR count). The lowest BCUT2D eigenvalue weighted by Gasteiger charge is -2.17. The van der Waals surface area contributed by atoms with E-state index in [9.17, 15) is 4.79 Å². The number of carbonyl (C=O) groups excluding carboxylic acids is 1. The van der Waals surface area contributed by atoms with Crippen LogP contribution in [0.15, 0.2) is 12.4 Å². The minimum Gasteiger partial charge on any atom is -0.353 e. The molecule has 0 radical (unpaired) electrons. The second kappa shape index (κ2) is 4.44. The monoisotopic (exact) mass is 210 g/mol. The first-order valence-corrected chi connectivity index (χ1v) is 4.96. The van der Waals surface area contributed by atoms with Crippen molar-refractivity contribution >= 4 is 5.91 Å². The van der Waals surface area contributed by atoms with Crippen LogP contribution < -0.4 is 11.1 Å². The molecule has 0 aliphatic rings. The molecular formula is C10H18N4O. The summed E-state index contributed by atoms with van der Waals surface area (Å²) in [7, 11) is 0. The Balaban J connectivity index is 2.31. The van der Waals surface area contributed by atoms with Crippen molar-refractivity contribution in [3.63, 3.8) is 0 Å². The van der Waals surface area contributed by atoms with Gasteiger partial charge in [-0.05, 0) is 26.3 Å². The molecule has 0 aromatic carbocycles. The Morgan fingerprint density at radius 3 is 2.80 bits per heavy atom. The van der Waals surface area contributed by atoms with Crippen molar-refractivity contribution < 1.29 is 4.79 Å². The Morgan fingerprint density at radius 2 is 2.33 bits per heavy atom. The Kier molecular flexibility index (Phi) is 3.47. The van der Waals surface area contributed by atoms with Crippen LogP contribution in [0.3, 0.4) is 0 Å². The molecule has 1 amide bonds. The summed E-state index contributed by atoms with van der Waals surface area (Å²) in [5, 5.41) is 6.86. The van der Waals surface area contributed by atoms with E-state index in [0.29, 0.717) is 13.1 Å². The Labute approximate surface area is 89.6 Å². The third-order valence-corrected chi connectivity index (χ3v) is 1.97. The fourth-order valence-corrected chi connectivity index (χ4v) is 1.10. The van der Waals surface area contributed by atoms with E-state index in [1.165, 1.54) is 0 Å².